The van der Waals surface area contributed by atoms with Crippen LogP contribution in [0.2, 0.25) is 0 Å². The molecule has 20 heavy (non-hydrogen) atoms. The Hall–Kier alpha value is -1.61. The van der Waals surface area contributed by atoms with Gasteiger partial charge in [0.2, 0.25) is 0 Å². The molecule has 1 amide bonds. The van der Waals surface area contributed by atoms with Crippen molar-refractivity contribution >= 4 is 45.7 Å². The van der Waals surface area contributed by atoms with Gasteiger partial charge in [-0.2, -0.15) is 0 Å². The summed E-state index contributed by atoms with van der Waals surface area (Å²) in [7, 11) is 0. The highest BCUT2D eigenvalue weighted by atomic mass is 127. The maximum absolute atomic E-state index is 11.9. The van der Waals surface area contributed by atoms with Gasteiger partial charge in [0.05, 0.1) is 8.45 Å². The van der Waals surface area contributed by atoms with Gasteiger partial charge in [0, 0.05) is 17.5 Å². The third-order valence-corrected chi connectivity index (χ3v) is 4.43. The van der Waals surface area contributed by atoms with Crippen molar-refractivity contribution in [2.75, 3.05) is 0 Å². The van der Waals surface area contributed by atoms with E-state index in [0.717, 1.165) is 8.45 Å². The summed E-state index contributed by atoms with van der Waals surface area (Å²) in [5, 5.41) is 16.2. The average Bonchev–Trinajstić information content (AvgIpc) is 2.91. The van der Waals surface area contributed by atoms with Crippen LogP contribution in [0.25, 0.3) is 0 Å². The molecule has 0 aliphatic rings. The minimum absolute atomic E-state index is 0.0634. The first-order chi connectivity index (χ1) is 9.60. The molecule has 2 rings (SSSR count). The van der Waals surface area contributed by atoms with E-state index in [1.165, 1.54) is 11.3 Å². The predicted octanol–water partition coefficient (Wildman–Crippen LogP) is 2.38. The number of rotatable bonds is 4. The number of carbonyl (C=O) groups is 1. The topological polar surface area (TPSA) is 87.7 Å². The zero-order valence-corrected chi connectivity index (χ0v) is 13.3. The number of halogens is 1. The molecule has 4 N–H and O–H groups in total. The molecule has 0 aliphatic heterocycles. The molecule has 0 fully saturated rings. The minimum Gasteiger partial charge on any atom is -0.409 e. The number of amides is 1. The zero-order valence-electron chi connectivity index (χ0n) is 10.3. The first-order valence-electron chi connectivity index (χ1n) is 5.69. The number of hydrogen-bond donors (Lipinski definition) is 3. The van der Waals surface area contributed by atoms with E-state index < -0.39 is 0 Å². The van der Waals surface area contributed by atoms with Crippen LogP contribution in [0.3, 0.4) is 0 Å². The summed E-state index contributed by atoms with van der Waals surface area (Å²) in [5.74, 6) is -0.0295. The van der Waals surface area contributed by atoms with Crippen molar-refractivity contribution in [1.29, 1.82) is 0 Å². The lowest BCUT2D eigenvalue weighted by molar-refractivity contribution is 0.0951. The third-order valence-electron chi connectivity index (χ3n) is 2.64. The van der Waals surface area contributed by atoms with Crippen LogP contribution in [0.4, 0.5) is 0 Å². The molecule has 0 spiro atoms. The van der Waals surface area contributed by atoms with Crippen LogP contribution in [-0.2, 0) is 6.54 Å². The number of hydrogen-bond acceptors (Lipinski definition) is 4. The van der Waals surface area contributed by atoms with Gasteiger partial charge in [0.25, 0.3) is 5.91 Å². The largest absolute Gasteiger partial charge is 0.409 e. The number of oxime groups is 1. The second-order valence-electron chi connectivity index (χ2n) is 4.00. The van der Waals surface area contributed by atoms with Crippen LogP contribution in [0.1, 0.15) is 21.5 Å². The fraction of sp³-hybridized carbons (Fsp3) is 0.0769. The number of nitrogens with two attached hydrogens (primary N) is 1. The highest BCUT2D eigenvalue weighted by Crippen LogP contribution is 2.16. The SMILES string of the molecule is NC(=NO)c1ccc(CNC(=O)c2csc(I)c2)cc1. The standard InChI is InChI=1S/C13H12IN3O2S/c14-11-5-10(7-20-11)13(18)16-6-8-1-3-9(4-2-8)12(15)17-19/h1-5,7,19H,6H2,(H2,15,17)(H,16,18). The second kappa shape index (κ2) is 6.71. The monoisotopic (exact) mass is 401 g/mol. The van der Waals surface area contributed by atoms with Crippen molar-refractivity contribution in [2.45, 2.75) is 6.54 Å². The molecular formula is C13H12IN3O2S. The van der Waals surface area contributed by atoms with Gasteiger partial charge >= 0.3 is 0 Å². The Morgan fingerprint density at radius 1 is 1.35 bits per heavy atom. The minimum atomic E-state index is -0.0929. The van der Waals surface area contributed by atoms with Crippen LogP contribution in [0, 0.1) is 2.88 Å². The van der Waals surface area contributed by atoms with Gasteiger partial charge < -0.3 is 16.3 Å². The summed E-state index contributed by atoms with van der Waals surface area (Å²) in [6.45, 7) is 0.432. The van der Waals surface area contributed by atoms with E-state index >= 15 is 0 Å². The molecule has 0 aliphatic carbocycles. The van der Waals surface area contributed by atoms with Crippen molar-refractivity contribution in [3.05, 3.63) is 55.3 Å². The molecule has 1 heterocycles. The molecule has 0 saturated carbocycles. The van der Waals surface area contributed by atoms with Crippen LogP contribution >= 0.6 is 33.9 Å². The average molecular weight is 401 g/mol. The van der Waals surface area contributed by atoms with Crippen molar-refractivity contribution in [3.63, 3.8) is 0 Å². The first-order valence-corrected chi connectivity index (χ1v) is 7.65. The highest BCUT2D eigenvalue weighted by Gasteiger charge is 2.07. The summed E-state index contributed by atoms with van der Waals surface area (Å²) in [4.78, 5) is 11.9. The molecule has 1 aromatic heterocycles. The number of nitrogens with zero attached hydrogens (tertiary/aromatic N) is 1. The Labute approximate surface area is 133 Å². The smallest absolute Gasteiger partial charge is 0.252 e. The summed E-state index contributed by atoms with van der Waals surface area (Å²) < 4.78 is 1.08. The van der Waals surface area contributed by atoms with Gasteiger partial charge in [-0.3, -0.25) is 4.79 Å². The van der Waals surface area contributed by atoms with E-state index in [-0.39, 0.29) is 11.7 Å². The van der Waals surface area contributed by atoms with Crippen LogP contribution in [0.15, 0.2) is 40.9 Å². The van der Waals surface area contributed by atoms with Gasteiger partial charge in [0.1, 0.15) is 0 Å². The molecule has 0 unspecified atom stereocenters. The molecule has 104 valence electrons. The Bertz CT molecular complexity index is 637. The lowest BCUT2D eigenvalue weighted by Gasteiger charge is -2.05. The van der Waals surface area contributed by atoms with Crippen molar-refractivity contribution < 1.29 is 10.0 Å². The summed E-state index contributed by atoms with van der Waals surface area (Å²) >= 11 is 3.72. The van der Waals surface area contributed by atoms with Gasteiger partial charge in [-0.15, -0.1) is 11.3 Å². The van der Waals surface area contributed by atoms with E-state index in [1.54, 1.807) is 12.1 Å². The van der Waals surface area contributed by atoms with Crippen LogP contribution in [-0.4, -0.2) is 17.0 Å². The highest BCUT2D eigenvalue weighted by molar-refractivity contribution is 14.1. The number of nitrogens with one attached hydrogen (secondary N) is 1. The lowest BCUT2D eigenvalue weighted by Crippen LogP contribution is -2.22. The predicted molar refractivity (Wildman–Crippen MR) is 87.2 cm³/mol. The third kappa shape index (κ3) is 3.70. The zero-order chi connectivity index (χ0) is 14.5. The number of thiophene rings is 1. The molecule has 0 bridgehead atoms. The summed E-state index contributed by atoms with van der Waals surface area (Å²) in [6.07, 6.45) is 0. The van der Waals surface area contributed by atoms with Crippen molar-refractivity contribution in [3.8, 4) is 0 Å². The van der Waals surface area contributed by atoms with Gasteiger partial charge in [-0.1, -0.05) is 29.4 Å². The lowest BCUT2D eigenvalue weighted by atomic mass is 10.1. The number of amidine groups is 1. The van der Waals surface area contributed by atoms with E-state index in [1.807, 2.05) is 23.6 Å². The Morgan fingerprint density at radius 2 is 2.05 bits per heavy atom. The van der Waals surface area contributed by atoms with Crippen LogP contribution < -0.4 is 11.1 Å². The maximum atomic E-state index is 11.9. The van der Waals surface area contributed by atoms with E-state index in [2.05, 4.69) is 33.1 Å². The summed E-state index contributed by atoms with van der Waals surface area (Å²) in [5.41, 5.74) is 7.73. The molecule has 2 aromatic rings. The van der Waals surface area contributed by atoms with Gasteiger partial charge in [-0.25, -0.2) is 0 Å². The normalized spacial score (nSPS) is 11.3. The van der Waals surface area contributed by atoms with E-state index in [0.29, 0.717) is 17.7 Å². The van der Waals surface area contributed by atoms with Gasteiger partial charge in [-0.05, 0) is 34.2 Å². The Morgan fingerprint density at radius 3 is 2.60 bits per heavy atom. The first kappa shape index (κ1) is 14.8. The number of benzene rings is 1. The van der Waals surface area contributed by atoms with E-state index in [9.17, 15) is 4.79 Å². The Balaban J connectivity index is 1.96. The fourth-order valence-electron chi connectivity index (χ4n) is 1.56. The van der Waals surface area contributed by atoms with Crippen LogP contribution in [0.5, 0.6) is 0 Å². The quantitative estimate of drug-likeness (QED) is 0.242. The van der Waals surface area contributed by atoms with Gasteiger partial charge in [0.15, 0.2) is 5.84 Å². The molecular weight excluding hydrogens is 389 g/mol. The number of carbonyl (C=O) groups excluding carboxylic acids is 1. The molecule has 5 nitrogen and oxygen atoms in total. The maximum Gasteiger partial charge on any atom is 0.252 e. The van der Waals surface area contributed by atoms with Crippen molar-refractivity contribution in [1.82, 2.24) is 5.32 Å². The Kier molecular flexibility index (Phi) is 4.96. The molecule has 0 radical (unpaired) electrons. The fourth-order valence-corrected chi connectivity index (χ4v) is 2.89. The molecule has 1 aromatic carbocycles. The molecule has 7 heteroatoms. The van der Waals surface area contributed by atoms with Crippen molar-refractivity contribution in [2.24, 2.45) is 10.9 Å². The summed E-state index contributed by atoms with van der Waals surface area (Å²) in [6, 6.07) is 8.98. The molecule has 0 saturated heterocycles. The van der Waals surface area contributed by atoms with E-state index in [4.69, 9.17) is 10.9 Å². The second-order valence-corrected chi connectivity index (χ2v) is 6.81. The molecule has 0 atom stereocenters.